The van der Waals surface area contributed by atoms with Crippen LogP contribution in [-0.2, 0) is 0 Å². The van der Waals surface area contributed by atoms with Crippen molar-refractivity contribution in [3.8, 4) is 0 Å². The van der Waals surface area contributed by atoms with Gasteiger partial charge in [0, 0.05) is 17.8 Å². The van der Waals surface area contributed by atoms with Crippen molar-refractivity contribution in [1.82, 2.24) is 4.90 Å². The van der Waals surface area contributed by atoms with Crippen molar-refractivity contribution in [2.24, 2.45) is 11.8 Å². The second-order valence-corrected chi connectivity index (χ2v) is 10.7. The first-order valence-electron chi connectivity index (χ1n) is 10.2. The highest BCUT2D eigenvalue weighted by molar-refractivity contribution is 8.23. The van der Waals surface area contributed by atoms with E-state index >= 15 is 0 Å². The standard InChI is InChI=1S/C21H43NS2/c1-8-12-14-18(10-3)16-22(20(23)24-21(5,6)7)17-19(11-4)15-13-9-2/h18-19H,8-17H2,1-7H3. The molecule has 0 aromatic rings. The number of hydrogen-bond acceptors (Lipinski definition) is 2. The molecule has 0 rings (SSSR count). The summed E-state index contributed by atoms with van der Waals surface area (Å²) < 4.78 is 1.32. The highest BCUT2D eigenvalue weighted by Gasteiger charge is 2.23. The van der Waals surface area contributed by atoms with Crippen LogP contribution in [0.2, 0.25) is 0 Å². The summed E-state index contributed by atoms with van der Waals surface area (Å²) in [4.78, 5) is 2.55. The Morgan fingerprint density at radius 2 is 1.29 bits per heavy atom. The molecular weight excluding hydrogens is 330 g/mol. The molecule has 0 aliphatic carbocycles. The van der Waals surface area contributed by atoms with Gasteiger partial charge in [-0.1, -0.05) is 111 Å². The molecule has 0 amide bonds. The second-order valence-electron chi connectivity index (χ2n) is 8.22. The van der Waals surface area contributed by atoms with Gasteiger partial charge >= 0.3 is 0 Å². The molecule has 2 unspecified atom stereocenters. The fourth-order valence-corrected chi connectivity index (χ4v) is 4.71. The van der Waals surface area contributed by atoms with E-state index in [4.69, 9.17) is 12.2 Å². The van der Waals surface area contributed by atoms with Gasteiger partial charge in [-0.15, -0.1) is 0 Å². The van der Waals surface area contributed by atoms with E-state index in [2.05, 4.69) is 53.4 Å². The van der Waals surface area contributed by atoms with Crippen molar-refractivity contribution in [2.75, 3.05) is 13.1 Å². The number of unbranched alkanes of at least 4 members (excludes halogenated alkanes) is 2. The molecule has 0 N–H and O–H groups in total. The predicted octanol–water partition coefficient (Wildman–Crippen LogP) is 7.54. The van der Waals surface area contributed by atoms with Crippen LogP contribution in [0, 0.1) is 11.8 Å². The first-order chi connectivity index (χ1) is 11.3. The molecule has 0 radical (unpaired) electrons. The maximum atomic E-state index is 5.87. The highest BCUT2D eigenvalue weighted by atomic mass is 32.2. The largest absolute Gasteiger partial charge is 0.357 e. The topological polar surface area (TPSA) is 3.24 Å². The molecular formula is C21H43NS2. The van der Waals surface area contributed by atoms with E-state index in [9.17, 15) is 0 Å². The Kier molecular flexibility index (Phi) is 13.6. The van der Waals surface area contributed by atoms with Crippen molar-refractivity contribution >= 4 is 28.3 Å². The third-order valence-electron chi connectivity index (χ3n) is 4.70. The predicted molar refractivity (Wildman–Crippen MR) is 118 cm³/mol. The van der Waals surface area contributed by atoms with E-state index in [-0.39, 0.29) is 4.75 Å². The zero-order valence-corrected chi connectivity index (χ0v) is 19.1. The van der Waals surface area contributed by atoms with Crippen LogP contribution < -0.4 is 0 Å². The maximum Gasteiger partial charge on any atom is 0.136 e. The summed E-state index contributed by atoms with van der Waals surface area (Å²) in [5.41, 5.74) is 0. The Hall–Kier alpha value is 0.240. The van der Waals surface area contributed by atoms with Gasteiger partial charge in [-0.05, 0) is 24.7 Å². The molecule has 0 bridgehead atoms. The number of nitrogens with zero attached hydrogens (tertiary/aromatic N) is 1. The summed E-state index contributed by atoms with van der Waals surface area (Å²) in [6.45, 7) is 18.4. The smallest absolute Gasteiger partial charge is 0.136 e. The van der Waals surface area contributed by atoms with Crippen molar-refractivity contribution in [3.63, 3.8) is 0 Å². The average molecular weight is 374 g/mol. The van der Waals surface area contributed by atoms with Gasteiger partial charge in [0.15, 0.2) is 0 Å². The lowest BCUT2D eigenvalue weighted by atomic mass is 9.96. The van der Waals surface area contributed by atoms with Crippen LogP contribution >= 0.6 is 24.0 Å². The zero-order chi connectivity index (χ0) is 18.6. The molecule has 2 atom stereocenters. The molecule has 0 saturated heterocycles. The van der Waals surface area contributed by atoms with E-state index in [1.54, 1.807) is 0 Å². The Labute approximate surface area is 162 Å². The molecule has 0 heterocycles. The summed E-state index contributed by atoms with van der Waals surface area (Å²) in [6.07, 6.45) is 10.5. The molecule has 0 fully saturated rings. The third-order valence-corrected chi connectivity index (χ3v) is 6.25. The molecule has 0 aliphatic heterocycles. The molecule has 3 heteroatoms. The summed E-state index contributed by atoms with van der Waals surface area (Å²) in [6, 6.07) is 0. The number of rotatable bonds is 12. The van der Waals surface area contributed by atoms with Crippen LogP contribution in [0.1, 0.15) is 99.8 Å². The van der Waals surface area contributed by atoms with Crippen molar-refractivity contribution in [2.45, 2.75) is 105 Å². The van der Waals surface area contributed by atoms with Gasteiger partial charge in [0.2, 0.25) is 0 Å². The first kappa shape index (κ1) is 24.2. The molecule has 24 heavy (non-hydrogen) atoms. The average Bonchev–Trinajstić information content (AvgIpc) is 2.51. The molecule has 144 valence electrons. The lowest BCUT2D eigenvalue weighted by Gasteiger charge is -2.34. The van der Waals surface area contributed by atoms with E-state index in [1.807, 2.05) is 11.8 Å². The van der Waals surface area contributed by atoms with Crippen LogP contribution in [0.4, 0.5) is 0 Å². The van der Waals surface area contributed by atoms with Gasteiger partial charge in [-0.2, -0.15) is 0 Å². The van der Waals surface area contributed by atoms with Crippen LogP contribution in [0.3, 0.4) is 0 Å². The van der Waals surface area contributed by atoms with Gasteiger partial charge < -0.3 is 4.90 Å². The van der Waals surface area contributed by atoms with Crippen LogP contribution in [0.25, 0.3) is 0 Å². The first-order valence-corrected chi connectivity index (χ1v) is 11.5. The molecule has 0 spiro atoms. The minimum atomic E-state index is 0.200. The van der Waals surface area contributed by atoms with Crippen molar-refractivity contribution in [3.05, 3.63) is 0 Å². The minimum Gasteiger partial charge on any atom is -0.357 e. The normalized spacial score (nSPS) is 14.5. The van der Waals surface area contributed by atoms with Crippen LogP contribution in [-0.4, -0.2) is 27.1 Å². The third kappa shape index (κ3) is 11.7. The molecule has 0 aromatic carbocycles. The Balaban J connectivity index is 4.94. The maximum absolute atomic E-state index is 5.87. The molecule has 0 saturated carbocycles. The molecule has 1 nitrogen and oxygen atoms in total. The second kappa shape index (κ2) is 13.4. The van der Waals surface area contributed by atoms with Crippen molar-refractivity contribution in [1.29, 1.82) is 0 Å². The monoisotopic (exact) mass is 373 g/mol. The van der Waals surface area contributed by atoms with Gasteiger partial charge in [0.1, 0.15) is 4.32 Å². The lowest BCUT2D eigenvalue weighted by Crippen LogP contribution is -2.38. The summed E-state index contributed by atoms with van der Waals surface area (Å²) in [5, 5.41) is 0. The van der Waals surface area contributed by atoms with Gasteiger partial charge in [0.25, 0.3) is 0 Å². The van der Waals surface area contributed by atoms with E-state index in [0.29, 0.717) is 0 Å². The lowest BCUT2D eigenvalue weighted by molar-refractivity contribution is 0.269. The summed E-state index contributed by atoms with van der Waals surface area (Å²) in [7, 11) is 0. The van der Waals surface area contributed by atoms with Gasteiger partial charge in [-0.3, -0.25) is 0 Å². The fraction of sp³-hybridized carbons (Fsp3) is 0.952. The summed E-state index contributed by atoms with van der Waals surface area (Å²) >= 11 is 7.75. The quantitative estimate of drug-likeness (QED) is 0.325. The molecule has 0 aromatic heterocycles. The Morgan fingerprint density at radius 1 is 0.875 bits per heavy atom. The number of hydrogen-bond donors (Lipinski definition) is 0. The fourth-order valence-electron chi connectivity index (χ4n) is 3.01. The number of thiocarbonyl (C=S) groups is 1. The molecule has 0 aliphatic rings. The number of thioether (sulfide) groups is 1. The van der Waals surface area contributed by atoms with E-state index in [1.165, 1.54) is 51.4 Å². The summed E-state index contributed by atoms with van der Waals surface area (Å²) in [5.74, 6) is 1.57. The van der Waals surface area contributed by atoms with Gasteiger partial charge in [-0.25, -0.2) is 0 Å². The van der Waals surface area contributed by atoms with Crippen LogP contribution in [0.15, 0.2) is 0 Å². The zero-order valence-electron chi connectivity index (χ0n) is 17.5. The Morgan fingerprint density at radius 3 is 1.58 bits per heavy atom. The van der Waals surface area contributed by atoms with E-state index in [0.717, 1.165) is 29.2 Å². The van der Waals surface area contributed by atoms with Crippen LogP contribution in [0.5, 0.6) is 0 Å². The van der Waals surface area contributed by atoms with Gasteiger partial charge in [0.05, 0.1) is 0 Å². The highest BCUT2D eigenvalue weighted by Crippen LogP contribution is 2.29. The Bertz CT molecular complexity index is 304. The SMILES string of the molecule is CCCCC(CC)CN(CC(CC)CCCC)C(=S)SC(C)(C)C. The van der Waals surface area contributed by atoms with Crippen molar-refractivity contribution < 1.29 is 0 Å². The van der Waals surface area contributed by atoms with E-state index < -0.39 is 0 Å². The minimum absolute atomic E-state index is 0.200.